The maximum Gasteiger partial charge on any atom is 0.223 e. The molecule has 0 atom stereocenters. The number of aromatic amines is 1. The zero-order chi connectivity index (χ0) is 21.8. The van der Waals surface area contributed by atoms with Crippen LogP contribution in [0.3, 0.4) is 0 Å². The van der Waals surface area contributed by atoms with Crippen molar-refractivity contribution in [1.82, 2.24) is 15.0 Å². The molecular weight excluding hydrogens is 426 g/mol. The van der Waals surface area contributed by atoms with Crippen LogP contribution in [0.2, 0.25) is 0 Å². The summed E-state index contributed by atoms with van der Waals surface area (Å²) in [6.45, 7) is 6.95. The van der Waals surface area contributed by atoms with Crippen molar-refractivity contribution in [2.75, 3.05) is 6.61 Å². The molecule has 0 unspecified atom stereocenters. The molecule has 5 nitrogen and oxygen atoms in total. The van der Waals surface area contributed by atoms with Crippen LogP contribution < -0.4 is 10.2 Å². The van der Waals surface area contributed by atoms with Crippen LogP contribution in [0.25, 0.3) is 21.3 Å². The summed E-state index contributed by atoms with van der Waals surface area (Å²) in [6, 6.07) is 10.3. The summed E-state index contributed by atoms with van der Waals surface area (Å²) in [6.07, 6.45) is 4.12. The number of nitrogens with zero attached hydrogens (tertiary/aromatic N) is 2. The molecule has 0 spiro atoms. The number of thiophene rings is 1. The zero-order valence-corrected chi connectivity index (χ0v) is 19.5. The number of pyridine rings is 1. The number of fused-ring (bicyclic) bond motifs is 1. The van der Waals surface area contributed by atoms with Gasteiger partial charge in [-0.15, -0.1) is 11.3 Å². The number of benzene rings is 1. The summed E-state index contributed by atoms with van der Waals surface area (Å²) in [4.78, 5) is 25.4. The zero-order valence-electron chi connectivity index (χ0n) is 17.8. The highest BCUT2D eigenvalue weighted by Crippen LogP contribution is 2.38. The lowest BCUT2D eigenvalue weighted by Gasteiger charge is -2.08. The molecule has 7 heteroatoms. The first-order valence-corrected chi connectivity index (χ1v) is 12.2. The van der Waals surface area contributed by atoms with Crippen molar-refractivity contribution in [1.29, 1.82) is 0 Å². The second-order valence-corrected chi connectivity index (χ2v) is 9.43. The maximum absolute atomic E-state index is 12.3. The normalized spacial score (nSPS) is 11.4. The van der Waals surface area contributed by atoms with Gasteiger partial charge in [0.2, 0.25) is 5.43 Å². The number of hydrogen-bond acceptors (Lipinski definition) is 6. The lowest BCUT2D eigenvalue weighted by atomic mass is 9.99. The first-order valence-electron chi connectivity index (χ1n) is 10.4. The second-order valence-electron chi connectivity index (χ2n) is 7.61. The van der Waals surface area contributed by atoms with Gasteiger partial charge in [0.15, 0.2) is 5.75 Å². The predicted octanol–water partition coefficient (Wildman–Crippen LogP) is 6.25. The van der Waals surface area contributed by atoms with Crippen LogP contribution >= 0.6 is 23.1 Å². The van der Waals surface area contributed by atoms with Gasteiger partial charge in [-0.2, -0.15) is 0 Å². The molecule has 160 valence electrons. The number of rotatable bonds is 8. The minimum absolute atomic E-state index is 0.0999. The summed E-state index contributed by atoms with van der Waals surface area (Å²) in [5.41, 5.74) is 4.37. The van der Waals surface area contributed by atoms with Gasteiger partial charge in [0.05, 0.1) is 12.0 Å². The third-order valence-electron chi connectivity index (χ3n) is 4.99. The Bertz CT molecular complexity index is 1230. The topological polar surface area (TPSA) is 67.9 Å². The second kappa shape index (κ2) is 9.66. The Hall–Kier alpha value is -2.64. The Morgan fingerprint density at radius 1 is 1.19 bits per heavy atom. The Morgan fingerprint density at radius 2 is 2.00 bits per heavy atom. The quantitative estimate of drug-likeness (QED) is 0.253. The van der Waals surface area contributed by atoms with Crippen LogP contribution in [-0.2, 0) is 5.75 Å². The van der Waals surface area contributed by atoms with Gasteiger partial charge in [0.1, 0.15) is 16.2 Å². The lowest BCUT2D eigenvalue weighted by Crippen LogP contribution is -2.09. The van der Waals surface area contributed by atoms with Gasteiger partial charge in [-0.25, -0.2) is 9.97 Å². The first kappa shape index (κ1) is 21.6. The van der Waals surface area contributed by atoms with Gasteiger partial charge < -0.3 is 9.72 Å². The first-order chi connectivity index (χ1) is 15.1. The Kier molecular flexibility index (Phi) is 6.73. The van der Waals surface area contributed by atoms with Crippen molar-refractivity contribution < 1.29 is 4.74 Å². The molecule has 0 saturated carbocycles. The van der Waals surface area contributed by atoms with Crippen molar-refractivity contribution in [2.24, 2.45) is 0 Å². The number of hydrogen-bond donors (Lipinski definition) is 1. The van der Waals surface area contributed by atoms with Crippen LogP contribution in [0.5, 0.6) is 5.75 Å². The van der Waals surface area contributed by atoms with E-state index in [1.807, 2.05) is 6.92 Å². The third kappa shape index (κ3) is 4.83. The number of aromatic nitrogens is 3. The molecular formula is C24H25N3O2S2. The molecule has 31 heavy (non-hydrogen) atoms. The van der Waals surface area contributed by atoms with Crippen molar-refractivity contribution in [2.45, 2.75) is 43.9 Å². The van der Waals surface area contributed by atoms with E-state index in [1.165, 1.54) is 5.56 Å². The van der Waals surface area contributed by atoms with Gasteiger partial charge in [-0.3, -0.25) is 4.79 Å². The van der Waals surface area contributed by atoms with Crippen LogP contribution in [0.1, 0.15) is 44.4 Å². The van der Waals surface area contributed by atoms with E-state index in [4.69, 9.17) is 4.74 Å². The summed E-state index contributed by atoms with van der Waals surface area (Å²) >= 11 is 3.23. The van der Waals surface area contributed by atoms with Crippen LogP contribution in [0.4, 0.5) is 0 Å². The Morgan fingerprint density at radius 3 is 2.71 bits per heavy atom. The van der Waals surface area contributed by atoms with E-state index >= 15 is 0 Å². The molecule has 3 aromatic heterocycles. The standard InChI is InChI=1S/C24H25N3O2S2/c1-4-9-29-21-11-25-18(10-20(21)28)12-30-23-22-19(13-31-24(22)27-14-26-23)17-7-5-16(6-8-17)15(2)3/h5-8,10-11,13-15H,4,9,12H2,1-3H3,(H,25,28). The summed E-state index contributed by atoms with van der Waals surface area (Å²) in [7, 11) is 0. The highest BCUT2D eigenvalue weighted by atomic mass is 32.2. The molecule has 4 rings (SSSR count). The average molecular weight is 452 g/mol. The molecule has 1 N–H and O–H groups in total. The van der Waals surface area contributed by atoms with E-state index in [1.54, 1.807) is 41.7 Å². The van der Waals surface area contributed by atoms with Gasteiger partial charge in [-0.1, -0.05) is 56.8 Å². The Balaban J connectivity index is 1.59. The molecule has 0 radical (unpaired) electrons. The minimum Gasteiger partial charge on any atom is -0.488 e. The fourth-order valence-corrected chi connectivity index (χ4v) is 5.18. The van der Waals surface area contributed by atoms with Crippen LogP contribution in [0.15, 0.2) is 58.1 Å². The van der Waals surface area contributed by atoms with E-state index in [2.05, 4.69) is 58.4 Å². The van der Waals surface area contributed by atoms with Crippen molar-refractivity contribution >= 4 is 33.3 Å². The van der Waals surface area contributed by atoms with E-state index in [-0.39, 0.29) is 5.43 Å². The maximum atomic E-state index is 12.3. The molecule has 0 amide bonds. The minimum atomic E-state index is -0.0999. The number of H-pyrrole nitrogens is 1. The van der Waals surface area contributed by atoms with Gasteiger partial charge in [-0.05, 0) is 23.5 Å². The largest absolute Gasteiger partial charge is 0.488 e. The van der Waals surface area contributed by atoms with Gasteiger partial charge in [0, 0.05) is 34.7 Å². The molecule has 0 aliphatic rings. The van der Waals surface area contributed by atoms with Crippen LogP contribution in [0, 0.1) is 0 Å². The van der Waals surface area contributed by atoms with Gasteiger partial charge >= 0.3 is 0 Å². The molecule has 0 bridgehead atoms. The monoisotopic (exact) mass is 451 g/mol. The fourth-order valence-electron chi connectivity index (χ4n) is 3.27. The molecule has 0 aliphatic carbocycles. The summed E-state index contributed by atoms with van der Waals surface area (Å²) < 4.78 is 5.47. The van der Waals surface area contributed by atoms with Gasteiger partial charge in [0.25, 0.3) is 0 Å². The molecule has 4 aromatic rings. The third-order valence-corrected chi connectivity index (χ3v) is 6.91. The Labute approximate surface area is 189 Å². The SMILES string of the molecule is CCCOc1c[nH]c(CSc2ncnc3scc(-c4ccc(C(C)C)cc4)c23)cc1=O. The van der Waals surface area contributed by atoms with Crippen molar-refractivity contribution in [3.63, 3.8) is 0 Å². The number of nitrogens with one attached hydrogen (secondary N) is 1. The molecule has 1 aromatic carbocycles. The van der Waals surface area contributed by atoms with E-state index in [9.17, 15) is 4.79 Å². The molecule has 0 saturated heterocycles. The molecule has 0 fully saturated rings. The fraction of sp³-hybridized carbons (Fsp3) is 0.292. The van der Waals surface area contributed by atoms with Crippen molar-refractivity contribution in [3.8, 4) is 16.9 Å². The predicted molar refractivity (Wildman–Crippen MR) is 129 cm³/mol. The van der Waals surface area contributed by atoms with E-state index in [0.29, 0.717) is 24.0 Å². The average Bonchev–Trinajstić information content (AvgIpc) is 3.22. The molecule has 0 aliphatic heterocycles. The number of ether oxygens (including phenoxy) is 1. The smallest absolute Gasteiger partial charge is 0.223 e. The highest BCUT2D eigenvalue weighted by Gasteiger charge is 2.14. The van der Waals surface area contributed by atoms with Crippen LogP contribution in [-0.4, -0.2) is 21.6 Å². The van der Waals surface area contributed by atoms with E-state index in [0.717, 1.165) is 38.5 Å². The lowest BCUT2D eigenvalue weighted by molar-refractivity contribution is 0.313. The highest BCUT2D eigenvalue weighted by molar-refractivity contribution is 7.98. The summed E-state index contributed by atoms with van der Waals surface area (Å²) in [5.74, 6) is 1.48. The van der Waals surface area contributed by atoms with Crippen molar-refractivity contribution in [3.05, 3.63) is 69.7 Å². The summed E-state index contributed by atoms with van der Waals surface area (Å²) in [5, 5.41) is 4.14. The molecule has 3 heterocycles. The number of thioether (sulfide) groups is 1. The van der Waals surface area contributed by atoms with E-state index < -0.39 is 0 Å².